The largest absolute Gasteiger partial charge is 0.365 e. The quantitative estimate of drug-likeness (QED) is 0.378. The van der Waals surface area contributed by atoms with Crippen LogP contribution in [0.4, 0.5) is 0 Å². The number of rotatable bonds is 2. The third-order valence-corrected chi connectivity index (χ3v) is 1.32. The second-order valence-corrected chi connectivity index (χ2v) is 2.36. The molecular weight excluding hydrogens is 172 g/mol. The van der Waals surface area contributed by atoms with Crippen molar-refractivity contribution in [1.82, 2.24) is 10.6 Å². The Morgan fingerprint density at radius 3 is 2.58 bits per heavy atom. The normalized spacial score (nSPS) is 10.5. The highest BCUT2D eigenvalue weighted by atomic mass is 32.1. The molecule has 0 heterocycles. The van der Waals surface area contributed by atoms with Gasteiger partial charge in [0.2, 0.25) is 5.91 Å². The van der Waals surface area contributed by atoms with Crippen LogP contribution in [0, 0.1) is 0 Å². The number of nitrogens with one attached hydrogen (secondary N) is 2. The van der Waals surface area contributed by atoms with Crippen LogP contribution >= 0.6 is 12.2 Å². The summed E-state index contributed by atoms with van der Waals surface area (Å²) >= 11 is 4.72. The van der Waals surface area contributed by atoms with Gasteiger partial charge in [0.25, 0.3) is 0 Å². The fourth-order valence-electron chi connectivity index (χ4n) is 0.470. The van der Waals surface area contributed by atoms with Crippen molar-refractivity contribution in [1.29, 1.82) is 0 Å². The lowest BCUT2D eigenvalue weighted by atomic mass is 10.4. The highest BCUT2D eigenvalue weighted by molar-refractivity contribution is 7.80. The summed E-state index contributed by atoms with van der Waals surface area (Å²) in [6, 6.07) is 0. The van der Waals surface area contributed by atoms with Gasteiger partial charge < -0.3 is 5.32 Å². The van der Waals surface area contributed by atoms with Crippen LogP contribution in [0.3, 0.4) is 0 Å². The van der Waals surface area contributed by atoms with Gasteiger partial charge in [-0.1, -0.05) is 18.2 Å². The first-order valence-electron chi connectivity index (χ1n) is 3.52. The van der Waals surface area contributed by atoms with Crippen LogP contribution in [0.25, 0.3) is 0 Å². The van der Waals surface area contributed by atoms with Crippen LogP contribution in [0.1, 0.15) is 6.92 Å². The van der Waals surface area contributed by atoms with E-state index >= 15 is 0 Å². The lowest BCUT2D eigenvalue weighted by Gasteiger charge is -2.00. The van der Waals surface area contributed by atoms with Crippen molar-refractivity contribution in [3.63, 3.8) is 0 Å². The molecule has 1 amide bonds. The van der Waals surface area contributed by atoms with E-state index in [9.17, 15) is 4.79 Å². The Hall–Kier alpha value is -1.16. The summed E-state index contributed by atoms with van der Waals surface area (Å²) in [5, 5.41) is 5.41. The fourth-order valence-corrected chi connectivity index (χ4v) is 0.571. The molecule has 12 heavy (non-hydrogen) atoms. The Morgan fingerprint density at radius 1 is 1.42 bits per heavy atom. The third-order valence-electron chi connectivity index (χ3n) is 1.01. The van der Waals surface area contributed by atoms with E-state index in [-0.39, 0.29) is 5.91 Å². The third kappa shape index (κ3) is 5.61. The minimum atomic E-state index is -0.229. The maximum absolute atomic E-state index is 10.9. The highest BCUT2D eigenvalue weighted by Crippen LogP contribution is 1.77. The maximum atomic E-state index is 10.9. The summed E-state index contributed by atoms with van der Waals surface area (Å²) in [4.78, 5) is 10.9. The number of thiocarbonyl (C=S) groups is 1. The molecule has 66 valence electrons. The van der Waals surface area contributed by atoms with E-state index in [1.54, 1.807) is 19.2 Å². The summed E-state index contributed by atoms with van der Waals surface area (Å²) in [6.07, 6.45) is 6.65. The van der Waals surface area contributed by atoms with Crippen LogP contribution in [0.5, 0.6) is 0 Å². The molecular formula is C8H12N2OS. The average Bonchev–Trinajstić information content (AvgIpc) is 2.05. The van der Waals surface area contributed by atoms with Gasteiger partial charge in [-0.3, -0.25) is 10.1 Å². The molecule has 4 heteroatoms. The van der Waals surface area contributed by atoms with Crippen LogP contribution in [-0.4, -0.2) is 18.1 Å². The molecule has 0 aromatic heterocycles. The Kier molecular flexibility index (Phi) is 5.91. The van der Waals surface area contributed by atoms with Crippen molar-refractivity contribution in [2.45, 2.75) is 6.92 Å². The van der Waals surface area contributed by atoms with Crippen molar-refractivity contribution >= 4 is 23.2 Å². The standard InChI is InChI=1S/C8H12N2OS/c1-3-4-5-6-7(11)10-8(12)9-2/h3-6H,1-2H3,(H2,9,10,11,12). The van der Waals surface area contributed by atoms with Crippen molar-refractivity contribution in [3.05, 3.63) is 24.3 Å². The summed E-state index contributed by atoms with van der Waals surface area (Å²) in [5.74, 6) is -0.229. The van der Waals surface area contributed by atoms with Gasteiger partial charge in [0.1, 0.15) is 0 Å². The predicted octanol–water partition coefficient (Wildman–Crippen LogP) is 0.739. The van der Waals surface area contributed by atoms with Crippen LogP contribution in [0.2, 0.25) is 0 Å². The molecule has 0 saturated carbocycles. The van der Waals surface area contributed by atoms with Gasteiger partial charge in [-0.25, -0.2) is 0 Å². The molecule has 0 spiro atoms. The number of hydrogen-bond donors (Lipinski definition) is 2. The van der Waals surface area contributed by atoms with Gasteiger partial charge in [-0.15, -0.1) is 0 Å². The number of allylic oxidation sites excluding steroid dienone is 3. The Labute approximate surface area is 77.5 Å². The van der Waals surface area contributed by atoms with Gasteiger partial charge in [0, 0.05) is 13.1 Å². The zero-order valence-electron chi connectivity index (χ0n) is 7.13. The van der Waals surface area contributed by atoms with Crippen molar-refractivity contribution in [2.24, 2.45) is 0 Å². The molecule has 0 bridgehead atoms. The molecule has 0 radical (unpaired) electrons. The molecule has 0 rings (SSSR count). The van der Waals surface area contributed by atoms with E-state index < -0.39 is 0 Å². The summed E-state index contributed by atoms with van der Waals surface area (Å²) in [6.45, 7) is 1.88. The number of amides is 1. The molecule has 0 aliphatic heterocycles. The molecule has 0 aromatic carbocycles. The molecule has 0 atom stereocenters. The second kappa shape index (κ2) is 6.54. The summed E-state index contributed by atoms with van der Waals surface area (Å²) < 4.78 is 0. The monoisotopic (exact) mass is 184 g/mol. The first-order chi connectivity index (χ1) is 5.70. The predicted molar refractivity (Wildman–Crippen MR) is 53.8 cm³/mol. The van der Waals surface area contributed by atoms with Crippen molar-refractivity contribution in [2.75, 3.05) is 7.05 Å². The molecule has 0 fully saturated rings. The first kappa shape index (κ1) is 10.8. The number of carbonyl (C=O) groups is 1. The molecule has 0 saturated heterocycles. The van der Waals surface area contributed by atoms with Crippen molar-refractivity contribution < 1.29 is 4.79 Å². The smallest absolute Gasteiger partial charge is 0.250 e. The Bertz CT molecular complexity index is 221. The van der Waals surface area contributed by atoms with E-state index in [0.29, 0.717) is 5.11 Å². The van der Waals surface area contributed by atoms with E-state index in [2.05, 4.69) is 10.6 Å². The highest BCUT2D eigenvalue weighted by Gasteiger charge is 1.95. The lowest BCUT2D eigenvalue weighted by Crippen LogP contribution is -2.36. The van der Waals surface area contributed by atoms with Gasteiger partial charge in [-0.2, -0.15) is 0 Å². The van der Waals surface area contributed by atoms with Gasteiger partial charge in [-0.05, 0) is 19.1 Å². The van der Waals surface area contributed by atoms with E-state index in [4.69, 9.17) is 12.2 Å². The SMILES string of the molecule is CC=CC=CC(=O)NC(=S)NC. The average molecular weight is 184 g/mol. The summed E-state index contributed by atoms with van der Waals surface area (Å²) in [7, 11) is 1.65. The minimum absolute atomic E-state index is 0.229. The molecule has 0 unspecified atom stereocenters. The fraction of sp³-hybridized carbons (Fsp3) is 0.250. The first-order valence-corrected chi connectivity index (χ1v) is 3.93. The molecule has 0 aliphatic rings. The second-order valence-electron chi connectivity index (χ2n) is 1.95. The van der Waals surface area contributed by atoms with E-state index in [0.717, 1.165) is 0 Å². The topological polar surface area (TPSA) is 41.1 Å². The molecule has 0 aliphatic carbocycles. The number of carbonyl (C=O) groups excluding carboxylic acids is 1. The Morgan fingerprint density at radius 2 is 2.08 bits per heavy atom. The van der Waals surface area contributed by atoms with E-state index in [1.165, 1.54) is 6.08 Å². The molecule has 0 aromatic rings. The van der Waals surface area contributed by atoms with Gasteiger partial charge in [0.15, 0.2) is 5.11 Å². The molecule has 2 N–H and O–H groups in total. The zero-order chi connectivity index (χ0) is 9.40. The van der Waals surface area contributed by atoms with Gasteiger partial charge in [0.05, 0.1) is 0 Å². The van der Waals surface area contributed by atoms with E-state index in [1.807, 2.05) is 13.0 Å². The zero-order valence-corrected chi connectivity index (χ0v) is 7.94. The number of hydrogen-bond acceptors (Lipinski definition) is 2. The minimum Gasteiger partial charge on any atom is -0.365 e. The molecule has 3 nitrogen and oxygen atoms in total. The van der Waals surface area contributed by atoms with Gasteiger partial charge >= 0.3 is 0 Å². The van der Waals surface area contributed by atoms with Crippen LogP contribution in [0.15, 0.2) is 24.3 Å². The lowest BCUT2D eigenvalue weighted by molar-refractivity contribution is -0.115. The van der Waals surface area contributed by atoms with Crippen LogP contribution in [-0.2, 0) is 4.79 Å². The van der Waals surface area contributed by atoms with Crippen LogP contribution < -0.4 is 10.6 Å². The maximum Gasteiger partial charge on any atom is 0.250 e. The Balaban J connectivity index is 3.81. The summed E-state index contributed by atoms with van der Waals surface area (Å²) in [5.41, 5.74) is 0. The van der Waals surface area contributed by atoms with Crippen molar-refractivity contribution in [3.8, 4) is 0 Å².